The lowest BCUT2D eigenvalue weighted by molar-refractivity contribution is 0.170. The van der Waals surface area contributed by atoms with E-state index in [1.54, 1.807) is 0 Å². The Kier molecular flexibility index (Phi) is 8.83. The van der Waals surface area contributed by atoms with Crippen LogP contribution in [-0.2, 0) is 0 Å². The van der Waals surface area contributed by atoms with Gasteiger partial charge in [0.05, 0.1) is 0 Å². The molecule has 0 aromatic heterocycles. The molecule has 0 aromatic carbocycles. The molecule has 0 heterocycles. The quantitative estimate of drug-likeness (QED) is 0.602. The van der Waals surface area contributed by atoms with Crippen molar-refractivity contribution in [2.24, 2.45) is 11.8 Å². The van der Waals surface area contributed by atoms with Gasteiger partial charge in [-0.15, -0.1) is 0 Å². The standard InChI is InChI=1S/C13H28BrN/c1-6-7-13(8-14)10-15(12(4)5)9-11(2)3/h11-13H,6-10H2,1-5H3. The predicted octanol–water partition coefficient (Wildman–Crippen LogP) is 4.16. The SMILES string of the molecule is CCCC(CBr)CN(CC(C)C)C(C)C. The molecule has 0 aliphatic rings. The fourth-order valence-electron chi connectivity index (χ4n) is 1.92. The molecule has 1 unspecified atom stereocenters. The van der Waals surface area contributed by atoms with Crippen LogP contribution in [0.4, 0.5) is 0 Å². The van der Waals surface area contributed by atoms with Crippen LogP contribution >= 0.6 is 15.9 Å². The van der Waals surface area contributed by atoms with Crippen LogP contribution in [0.15, 0.2) is 0 Å². The van der Waals surface area contributed by atoms with Crippen molar-refractivity contribution in [1.29, 1.82) is 0 Å². The Labute approximate surface area is 105 Å². The zero-order valence-corrected chi connectivity index (χ0v) is 12.7. The maximum Gasteiger partial charge on any atom is 0.00718 e. The lowest BCUT2D eigenvalue weighted by Gasteiger charge is -2.31. The van der Waals surface area contributed by atoms with Crippen molar-refractivity contribution in [3.05, 3.63) is 0 Å². The van der Waals surface area contributed by atoms with Gasteiger partial charge in [0.15, 0.2) is 0 Å². The van der Waals surface area contributed by atoms with Crippen molar-refractivity contribution in [3.63, 3.8) is 0 Å². The third kappa shape index (κ3) is 7.35. The van der Waals surface area contributed by atoms with Gasteiger partial charge >= 0.3 is 0 Å². The molecular formula is C13H28BrN. The number of halogens is 1. The zero-order chi connectivity index (χ0) is 11.8. The molecule has 0 aliphatic carbocycles. The number of alkyl halides is 1. The molecule has 1 atom stereocenters. The summed E-state index contributed by atoms with van der Waals surface area (Å²) in [6.45, 7) is 14.0. The summed E-state index contributed by atoms with van der Waals surface area (Å²) in [5, 5.41) is 1.14. The lowest BCUT2D eigenvalue weighted by Crippen LogP contribution is -2.38. The van der Waals surface area contributed by atoms with Crippen LogP contribution in [0.2, 0.25) is 0 Å². The highest BCUT2D eigenvalue weighted by atomic mass is 79.9. The Balaban J connectivity index is 4.12. The van der Waals surface area contributed by atoms with Crippen LogP contribution in [0.5, 0.6) is 0 Å². The van der Waals surface area contributed by atoms with Crippen LogP contribution in [-0.4, -0.2) is 29.4 Å². The summed E-state index contributed by atoms with van der Waals surface area (Å²) in [4.78, 5) is 2.62. The zero-order valence-electron chi connectivity index (χ0n) is 11.1. The molecule has 2 heteroatoms. The summed E-state index contributed by atoms with van der Waals surface area (Å²) in [5.41, 5.74) is 0. The molecule has 15 heavy (non-hydrogen) atoms. The Morgan fingerprint density at radius 1 is 1.07 bits per heavy atom. The van der Waals surface area contributed by atoms with Gasteiger partial charge in [-0.05, 0) is 32.1 Å². The number of nitrogens with zero attached hydrogens (tertiary/aromatic N) is 1. The van der Waals surface area contributed by atoms with E-state index in [9.17, 15) is 0 Å². The van der Waals surface area contributed by atoms with E-state index in [1.807, 2.05) is 0 Å². The molecule has 0 aromatic rings. The van der Waals surface area contributed by atoms with E-state index in [1.165, 1.54) is 25.9 Å². The average Bonchev–Trinajstić information content (AvgIpc) is 2.14. The summed E-state index contributed by atoms with van der Waals surface area (Å²) in [5.74, 6) is 1.58. The molecule has 0 bridgehead atoms. The summed E-state index contributed by atoms with van der Waals surface area (Å²) < 4.78 is 0. The Morgan fingerprint density at radius 2 is 1.67 bits per heavy atom. The Morgan fingerprint density at radius 3 is 2.00 bits per heavy atom. The van der Waals surface area contributed by atoms with Crippen LogP contribution < -0.4 is 0 Å². The first-order valence-corrected chi connectivity index (χ1v) is 7.43. The van der Waals surface area contributed by atoms with Gasteiger partial charge in [0.2, 0.25) is 0 Å². The molecule has 0 saturated heterocycles. The van der Waals surface area contributed by atoms with Crippen molar-refractivity contribution in [1.82, 2.24) is 4.90 Å². The van der Waals surface area contributed by atoms with Crippen molar-refractivity contribution in [3.8, 4) is 0 Å². The lowest BCUT2D eigenvalue weighted by atomic mass is 10.0. The van der Waals surface area contributed by atoms with Gasteiger partial charge in [0, 0.05) is 24.5 Å². The highest BCUT2D eigenvalue weighted by molar-refractivity contribution is 9.09. The molecular weight excluding hydrogens is 250 g/mol. The van der Waals surface area contributed by atoms with E-state index >= 15 is 0 Å². The first-order chi connectivity index (χ1) is 7.01. The fourth-order valence-corrected chi connectivity index (χ4v) is 2.45. The molecule has 0 radical (unpaired) electrons. The van der Waals surface area contributed by atoms with Gasteiger partial charge in [-0.3, -0.25) is 0 Å². The summed E-state index contributed by atoms with van der Waals surface area (Å²) in [6, 6.07) is 0.672. The predicted molar refractivity (Wildman–Crippen MR) is 73.7 cm³/mol. The number of hydrogen-bond donors (Lipinski definition) is 0. The molecule has 92 valence electrons. The molecule has 0 spiro atoms. The van der Waals surface area contributed by atoms with E-state index in [0.29, 0.717) is 6.04 Å². The molecule has 0 saturated carbocycles. The van der Waals surface area contributed by atoms with Gasteiger partial charge in [-0.2, -0.15) is 0 Å². The first-order valence-electron chi connectivity index (χ1n) is 6.31. The fraction of sp³-hybridized carbons (Fsp3) is 1.00. The highest BCUT2D eigenvalue weighted by Gasteiger charge is 2.16. The normalized spacial score (nSPS) is 14.2. The second-order valence-electron chi connectivity index (χ2n) is 5.25. The maximum atomic E-state index is 3.63. The molecule has 1 nitrogen and oxygen atoms in total. The maximum absolute atomic E-state index is 3.63. The average molecular weight is 278 g/mol. The second kappa shape index (κ2) is 8.58. The monoisotopic (exact) mass is 277 g/mol. The van der Waals surface area contributed by atoms with E-state index in [-0.39, 0.29) is 0 Å². The second-order valence-corrected chi connectivity index (χ2v) is 5.90. The van der Waals surface area contributed by atoms with Crippen molar-refractivity contribution in [2.45, 2.75) is 53.5 Å². The van der Waals surface area contributed by atoms with Crippen molar-refractivity contribution < 1.29 is 0 Å². The van der Waals surface area contributed by atoms with Crippen LogP contribution in [0, 0.1) is 11.8 Å². The van der Waals surface area contributed by atoms with E-state index in [2.05, 4.69) is 55.4 Å². The van der Waals surface area contributed by atoms with Gasteiger partial charge < -0.3 is 4.90 Å². The van der Waals surface area contributed by atoms with Gasteiger partial charge in [-0.1, -0.05) is 43.1 Å². The molecule has 0 aliphatic heterocycles. The Bertz CT molecular complexity index is 145. The largest absolute Gasteiger partial charge is 0.300 e. The van der Waals surface area contributed by atoms with Gasteiger partial charge in [0.1, 0.15) is 0 Å². The van der Waals surface area contributed by atoms with Crippen LogP contribution in [0.3, 0.4) is 0 Å². The van der Waals surface area contributed by atoms with Gasteiger partial charge in [0.25, 0.3) is 0 Å². The first kappa shape index (κ1) is 15.4. The molecule has 0 N–H and O–H groups in total. The summed E-state index contributed by atoms with van der Waals surface area (Å²) in [6.07, 6.45) is 2.64. The summed E-state index contributed by atoms with van der Waals surface area (Å²) >= 11 is 3.63. The Hall–Kier alpha value is 0.440. The third-order valence-electron chi connectivity index (χ3n) is 2.74. The number of hydrogen-bond acceptors (Lipinski definition) is 1. The number of rotatable bonds is 8. The smallest absolute Gasteiger partial charge is 0.00718 e. The summed E-state index contributed by atoms with van der Waals surface area (Å²) in [7, 11) is 0. The van der Waals surface area contributed by atoms with Crippen LogP contribution in [0.25, 0.3) is 0 Å². The third-order valence-corrected chi connectivity index (χ3v) is 3.65. The molecule has 0 amide bonds. The van der Waals surface area contributed by atoms with E-state index in [4.69, 9.17) is 0 Å². The molecule has 0 fully saturated rings. The van der Waals surface area contributed by atoms with E-state index < -0.39 is 0 Å². The van der Waals surface area contributed by atoms with Crippen molar-refractivity contribution >= 4 is 15.9 Å². The minimum absolute atomic E-state index is 0.672. The van der Waals surface area contributed by atoms with E-state index in [0.717, 1.165) is 17.2 Å². The minimum atomic E-state index is 0.672. The highest BCUT2D eigenvalue weighted by Crippen LogP contribution is 2.14. The molecule has 0 rings (SSSR count). The van der Waals surface area contributed by atoms with Crippen LogP contribution in [0.1, 0.15) is 47.5 Å². The topological polar surface area (TPSA) is 3.24 Å². The van der Waals surface area contributed by atoms with Crippen molar-refractivity contribution in [2.75, 3.05) is 18.4 Å². The van der Waals surface area contributed by atoms with Gasteiger partial charge in [-0.25, -0.2) is 0 Å². The minimum Gasteiger partial charge on any atom is -0.300 e.